The van der Waals surface area contributed by atoms with Crippen LogP contribution in [0.4, 0.5) is 23.7 Å². The maximum Gasteiger partial charge on any atom is 0.416 e. The number of urea groups is 1. The molecular weight excluding hydrogens is 419 g/mol. The van der Waals surface area contributed by atoms with Gasteiger partial charge in [0.1, 0.15) is 5.01 Å². The Bertz CT molecular complexity index is 838. The molecule has 2 rings (SSSR count). The number of anilines is 1. The van der Waals surface area contributed by atoms with Crippen molar-refractivity contribution in [3.8, 4) is 0 Å². The molecule has 0 radical (unpaired) electrons. The average molecular weight is 443 g/mol. The number of unbranched alkanes of at least 4 members (excludes halogenated alkanes) is 2. The summed E-state index contributed by atoms with van der Waals surface area (Å²) in [7, 11) is 0. The van der Waals surface area contributed by atoms with E-state index in [2.05, 4.69) is 10.3 Å². The molecule has 0 bridgehead atoms. The summed E-state index contributed by atoms with van der Waals surface area (Å²) in [6.45, 7) is 4.62. The highest BCUT2D eigenvalue weighted by molar-refractivity contribution is 7.09. The molecule has 1 N–H and O–H groups in total. The number of amides is 2. The fourth-order valence-corrected chi connectivity index (χ4v) is 3.37. The third-order valence-electron chi connectivity index (χ3n) is 4.14. The molecule has 0 unspecified atom stereocenters. The summed E-state index contributed by atoms with van der Waals surface area (Å²) in [5, 5.41) is 4.76. The Morgan fingerprint density at radius 3 is 2.47 bits per heavy atom. The number of hydrogen-bond donors (Lipinski definition) is 1. The van der Waals surface area contributed by atoms with Crippen molar-refractivity contribution in [3.05, 3.63) is 45.9 Å². The highest BCUT2D eigenvalue weighted by Crippen LogP contribution is 2.29. The molecule has 2 aromatic rings. The molecule has 0 fully saturated rings. The van der Waals surface area contributed by atoms with E-state index < -0.39 is 23.7 Å². The van der Waals surface area contributed by atoms with E-state index in [1.165, 1.54) is 28.4 Å². The first-order chi connectivity index (χ1) is 14.2. The van der Waals surface area contributed by atoms with Crippen LogP contribution >= 0.6 is 11.3 Å². The highest BCUT2D eigenvalue weighted by Gasteiger charge is 2.30. The molecule has 0 saturated heterocycles. The van der Waals surface area contributed by atoms with Gasteiger partial charge in [0, 0.05) is 17.6 Å². The molecule has 6 nitrogen and oxygen atoms in total. The van der Waals surface area contributed by atoms with Crippen molar-refractivity contribution in [3.63, 3.8) is 0 Å². The van der Waals surface area contributed by atoms with Gasteiger partial charge in [-0.1, -0.05) is 19.8 Å². The first-order valence-electron chi connectivity index (χ1n) is 9.59. The maximum absolute atomic E-state index is 12.7. The van der Waals surface area contributed by atoms with Crippen LogP contribution in [0.1, 0.15) is 54.2 Å². The van der Waals surface area contributed by atoms with E-state index in [0.717, 1.165) is 31.4 Å². The lowest BCUT2D eigenvalue weighted by atomic mass is 10.2. The second-order valence-corrected chi connectivity index (χ2v) is 7.42. The number of thiazole rings is 1. The van der Waals surface area contributed by atoms with Gasteiger partial charge in [0.15, 0.2) is 5.69 Å². The zero-order valence-electron chi connectivity index (χ0n) is 16.8. The number of nitrogens with one attached hydrogen (secondary N) is 1. The molecule has 0 aliphatic heterocycles. The average Bonchev–Trinajstić information content (AvgIpc) is 3.16. The van der Waals surface area contributed by atoms with Crippen LogP contribution in [0.3, 0.4) is 0 Å². The van der Waals surface area contributed by atoms with Gasteiger partial charge in [-0.3, -0.25) is 0 Å². The minimum atomic E-state index is -4.43. The van der Waals surface area contributed by atoms with Crippen LogP contribution in [0.5, 0.6) is 0 Å². The van der Waals surface area contributed by atoms with Gasteiger partial charge >= 0.3 is 18.2 Å². The van der Waals surface area contributed by atoms with Gasteiger partial charge in [-0.25, -0.2) is 14.6 Å². The lowest BCUT2D eigenvalue weighted by Gasteiger charge is -2.22. The van der Waals surface area contributed by atoms with Crippen LogP contribution in [-0.4, -0.2) is 35.0 Å². The third-order valence-corrected chi connectivity index (χ3v) is 4.98. The van der Waals surface area contributed by atoms with Crippen molar-refractivity contribution in [1.82, 2.24) is 9.88 Å². The fraction of sp³-hybridized carbons (Fsp3) is 0.450. The van der Waals surface area contributed by atoms with Crippen molar-refractivity contribution in [1.29, 1.82) is 0 Å². The predicted octanol–water partition coefficient (Wildman–Crippen LogP) is 5.56. The number of alkyl halides is 3. The van der Waals surface area contributed by atoms with Gasteiger partial charge in [-0.05, 0) is 37.6 Å². The summed E-state index contributed by atoms with van der Waals surface area (Å²) in [6.07, 6.45) is -1.77. The van der Waals surface area contributed by atoms with Gasteiger partial charge in [0.2, 0.25) is 0 Å². The predicted molar refractivity (Wildman–Crippen MR) is 108 cm³/mol. The Kier molecular flexibility index (Phi) is 8.64. The smallest absolute Gasteiger partial charge is 0.416 e. The zero-order chi connectivity index (χ0) is 22.1. The summed E-state index contributed by atoms with van der Waals surface area (Å²) in [5.74, 6) is -0.522. The monoisotopic (exact) mass is 443 g/mol. The lowest BCUT2D eigenvalue weighted by Crippen LogP contribution is -2.35. The van der Waals surface area contributed by atoms with Crippen LogP contribution in [0.2, 0.25) is 0 Å². The number of nitrogens with zero attached hydrogens (tertiary/aromatic N) is 2. The maximum atomic E-state index is 12.7. The topological polar surface area (TPSA) is 71.5 Å². The second kappa shape index (κ2) is 11.0. The molecular formula is C20H24F3N3O3S. The van der Waals surface area contributed by atoms with E-state index in [0.29, 0.717) is 11.6 Å². The van der Waals surface area contributed by atoms with Crippen molar-refractivity contribution < 1.29 is 27.5 Å². The molecule has 1 heterocycles. The number of carbonyl (C=O) groups excluding carboxylic acids is 2. The number of esters is 1. The molecule has 0 aliphatic carbocycles. The van der Waals surface area contributed by atoms with Crippen LogP contribution < -0.4 is 5.32 Å². The van der Waals surface area contributed by atoms with Gasteiger partial charge in [-0.2, -0.15) is 13.2 Å². The van der Waals surface area contributed by atoms with E-state index in [4.69, 9.17) is 4.74 Å². The minimum Gasteiger partial charge on any atom is -0.461 e. The molecule has 0 aliphatic rings. The van der Waals surface area contributed by atoms with E-state index in [1.807, 2.05) is 6.92 Å². The van der Waals surface area contributed by atoms with Crippen molar-refractivity contribution in [2.75, 3.05) is 18.5 Å². The number of rotatable bonds is 9. The Morgan fingerprint density at radius 2 is 1.87 bits per heavy atom. The number of benzene rings is 1. The van der Waals surface area contributed by atoms with Crippen LogP contribution in [0.15, 0.2) is 29.6 Å². The molecule has 2 amide bonds. The number of hydrogen-bond acceptors (Lipinski definition) is 5. The summed E-state index contributed by atoms with van der Waals surface area (Å²) < 4.78 is 43.0. The lowest BCUT2D eigenvalue weighted by molar-refractivity contribution is -0.137. The normalized spacial score (nSPS) is 11.2. The Hall–Kier alpha value is -2.62. The van der Waals surface area contributed by atoms with Crippen molar-refractivity contribution >= 4 is 29.0 Å². The van der Waals surface area contributed by atoms with E-state index in [9.17, 15) is 22.8 Å². The zero-order valence-corrected chi connectivity index (χ0v) is 17.6. The van der Waals surface area contributed by atoms with Crippen molar-refractivity contribution in [2.45, 2.75) is 45.8 Å². The SMILES string of the molecule is CCCCCN(Cc1nc(C(=O)OCC)cs1)C(=O)Nc1ccc(C(F)(F)F)cc1. The Balaban J connectivity index is 2.07. The second-order valence-electron chi connectivity index (χ2n) is 6.48. The standard InChI is InChI=1S/C20H24F3N3O3S/c1-3-5-6-11-26(12-17-25-16(13-30-17)18(27)29-4-2)19(28)24-15-9-7-14(8-10-15)20(21,22)23/h7-10,13H,3-6,11-12H2,1-2H3,(H,24,28). The Morgan fingerprint density at radius 1 is 1.17 bits per heavy atom. The van der Waals surface area contributed by atoms with Crippen molar-refractivity contribution in [2.24, 2.45) is 0 Å². The van der Waals surface area contributed by atoms with Gasteiger partial charge in [0.25, 0.3) is 0 Å². The quantitative estimate of drug-likeness (QED) is 0.407. The number of ether oxygens (including phenoxy) is 1. The molecule has 1 aromatic heterocycles. The molecule has 10 heteroatoms. The van der Waals surface area contributed by atoms with E-state index in [-0.39, 0.29) is 24.5 Å². The third kappa shape index (κ3) is 7.01. The molecule has 0 saturated carbocycles. The van der Waals surface area contributed by atoms with Crippen LogP contribution in [0.25, 0.3) is 0 Å². The van der Waals surface area contributed by atoms with E-state index in [1.54, 1.807) is 12.3 Å². The Labute approximate surface area is 177 Å². The minimum absolute atomic E-state index is 0.181. The summed E-state index contributed by atoms with van der Waals surface area (Å²) in [5.41, 5.74) is -0.331. The first-order valence-corrected chi connectivity index (χ1v) is 10.5. The highest BCUT2D eigenvalue weighted by atomic mass is 32.1. The van der Waals surface area contributed by atoms with Crippen LogP contribution in [-0.2, 0) is 17.5 Å². The summed E-state index contributed by atoms with van der Waals surface area (Å²) in [4.78, 5) is 30.2. The molecule has 0 spiro atoms. The van der Waals surface area contributed by atoms with Gasteiger partial charge < -0.3 is 15.0 Å². The fourth-order valence-electron chi connectivity index (χ4n) is 2.60. The van der Waals surface area contributed by atoms with Gasteiger partial charge in [-0.15, -0.1) is 11.3 Å². The molecule has 0 atom stereocenters. The van der Waals surface area contributed by atoms with Gasteiger partial charge in [0.05, 0.1) is 18.7 Å². The number of halogens is 3. The first kappa shape index (κ1) is 23.7. The number of aromatic nitrogens is 1. The summed E-state index contributed by atoms with van der Waals surface area (Å²) >= 11 is 1.24. The largest absolute Gasteiger partial charge is 0.461 e. The summed E-state index contributed by atoms with van der Waals surface area (Å²) in [6, 6.07) is 3.83. The molecule has 30 heavy (non-hydrogen) atoms. The van der Waals surface area contributed by atoms with E-state index >= 15 is 0 Å². The number of carbonyl (C=O) groups is 2. The molecule has 164 valence electrons. The van der Waals surface area contributed by atoms with Crippen LogP contribution in [0, 0.1) is 0 Å². The molecule has 1 aromatic carbocycles.